The zero-order valence-corrected chi connectivity index (χ0v) is 19.7. The minimum absolute atomic E-state index is 0.0327. The van der Waals surface area contributed by atoms with E-state index >= 15 is 0 Å². The SMILES string of the molecule is CC1=CC(=O)C=CC2(C)C1CCC1(C)C2CC=C(C)C12Oc1c(C)c(C)oc(=O)c1C2O. The molecule has 1 fully saturated rings. The second-order valence-electron chi connectivity index (χ2n) is 10.7. The van der Waals surface area contributed by atoms with Crippen LogP contribution in [0.5, 0.6) is 5.75 Å². The van der Waals surface area contributed by atoms with Gasteiger partial charge in [0.15, 0.2) is 11.4 Å². The lowest BCUT2D eigenvalue weighted by molar-refractivity contribution is -0.167. The van der Waals surface area contributed by atoms with Crippen LogP contribution in [0.1, 0.15) is 69.9 Å². The largest absolute Gasteiger partial charge is 0.478 e. The van der Waals surface area contributed by atoms with E-state index in [1.807, 2.05) is 13.8 Å². The third-order valence-corrected chi connectivity index (χ3v) is 9.34. The van der Waals surface area contributed by atoms with Gasteiger partial charge in [-0.1, -0.05) is 31.6 Å². The van der Waals surface area contributed by atoms with E-state index < -0.39 is 22.7 Å². The normalized spacial score (nSPS) is 40.1. The number of rotatable bonds is 0. The van der Waals surface area contributed by atoms with E-state index in [1.165, 1.54) is 0 Å². The molecule has 1 N–H and O–H groups in total. The summed E-state index contributed by atoms with van der Waals surface area (Å²) in [4.78, 5) is 25.2. The van der Waals surface area contributed by atoms with Crippen LogP contribution >= 0.6 is 0 Å². The molecular weight excluding hydrogens is 404 g/mol. The number of aliphatic hydroxyl groups is 1. The molecule has 1 spiro atoms. The van der Waals surface area contributed by atoms with E-state index in [4.69, 9.17) is 9.15 Å². The van der Waals surface area contributed by atoms with Crippen LogP contribution in [0, 0.1) is 36.5 Å². The van der Waals surface area contributed by atoms with Crippen molar-refractivity contribution in [3.05, 3.63) is 62.8 Å². The van der Waals surface area contributed by atoms with Gasteiger partial charge in [0.25, 0.3) is 0 Å². The highest BCUT2D eigenvalue weighted by Gasteiger charge is 2.69. The van der Waals surface area contributed by atoms with Crippen LogP contribution in [0.2, 0.25) is 0 Å². The second kappa shape index (κ2) is 6.57. The maximum absolute atomic E-state index is 12.8. The van der Waals surface area contributed by atoms with E-state index in [-0.39, 0.29) is 28.6 Å². The molecule has 6 atom stereocenters. The van der Waals surface area contributed by atoms with Crippen molar-refractivity contribution in [1.82, 2.24) is 0 Å². The average Bonchev–Trinajstić information content (AvgIpc) is 2.98. The molecule has 0 amide bonds. The Hall–Kier alpha value is -2.40. The molecule has 32 heavy (non-hydrogen) atoms. The van der Waals surface area contributed by atoms with Crippen molar-refractivity contribution < 1.29 is 19.1 Å². The van der Waals surface area contributed by atoms with Gasteiger partial charge in [-0.3, -0.25) is 4.79 Å². The highest BCUT2D eigenvalue weighted by atomic mass is 16.5. The first kappa shape index (κ1) is 21.4. The quantitative estimate of drug-likeness (QED) is 0.586. The summed E-state index contributed by atoms with van der Waals surface area (Å²) < 4.78 is 12.2. The summed E-state index contributed by atoms with van der Waals surface area (Å²) in [7, 11) is 0. The molecule has 1 saturated carbocycles. The first-order valence-corrected chi connectivity index (χ1v) is 11.6. The molecular formula is C27H32O5. The van der Waals surface area contributed by atoms with Crippen LogP contribution in [0.4, 0.5) is 0 Å². The Kier molecular flexibility index (Phi) is 4.40. The number of hydrogen-bond donors (Lipinski definition) is 1. The first-order chi connectivity index (χ1) is 15.0. The van der Waals surface area contributed by atoms with Crippen molar-refractivity contribution >= 4 is 5.78 Å². The molecule has 0 bridgehead atoms. The number of aryl methyl sites for hydroxylation is 1. The van der Waals surface area contributed by atoms with Gasteiger partial charge in [-0.05, 0) is 81.9 Å². The molecule has 5 nitrogen and oxygen atoms in total. The number of aliphatic hydroxyl groups excluding tert-OH is 1. The summed E-state index contributed by atoms with van der Waals surface area (Å²) in [6.07, 6.45) is 9.17. The maximum Gasteiger partial charge on any atom is 0.345 e. The van der Waals surface area contributed by atoms with Gasteiger partial charge in [-0.15, -0.1) is 0 Å². The summed E-state index contributed by atoms with van der Waals surface area (Å²) in [5.74, 6) is 1.39. The van der Waals surface area contributed by atoms with Crippen molar-refractivity contribution in [1.29, 1.82) is 0 Å². The van der Waals surface area contributed by atoms with Crippen LogP contribution < -0.4 is 10.4 Å². The molecule has 170 valence electrons. The second-order valence-corrected chi connectivity index (χ2v) is 10.7. The third kappa shape index (κ3) is 2.38. The highest BCUT2D eigenvalue weighted by molar-refractivity contribution is 6.00. The Balaban J connectivity index is 1.72. The molecule has 5 heteroatoms. The number of ether oxygens (including phenoxy) is 1. The summed E-state index contributed by atoms with van der Waals surface area (Å²) in [5, 5.41) is 11.7. The predicted molar refractivity (Wildman–Crippen MR) is 121 cm³/mol. The molecule has 0 radical (unpaired) electrons. The Morgan fingerprint density at radius 1 is 1.12 bits per heavy atom. The monoisotopic (exact) mass is 436 g/mol. The van der Waals surface area contributed by atoms with Gasteiger partial charge in [0.1, 0.15) is 23.2 Å². The van der Waals surface area contributed by atoms with Gasteiger partial charge < -0.3 is 14.3 Å². The number of ketones is 1. The van der Waals surface area contributed by atoms with Crippen LogP contribution in [-0.2, 0) is 4.79 Å². The van der Waals surface area contributed by atoms with Crippen LogP contribution in [-0.4, -0.2) is 16.5 Å². The van der Waals surface area contributed by atoms with E-state index in [9.17, 15) is 14.7 Å². The van der Waals surface area contributed by atoms with Crippen molar-refractivity contribution in [3.8, 4) is 5.75 Å². The Morgan fingerprint density at radius 3 is 2.56 bits per heavy atom. The Bertz CT molecular complexity index is 1180. The standard InChI is InChI=1S/C27H32O5/c1-14-13-18(28)9-11-25(5)19(14)10-12-26(6)20(25)8-7-15(2)27(26)23(29)21-22(32-27)16(3)17(4)31-24(21)30/h7,9,11,13,19-20,23,29H,8,10,12H2,1-6H3. The summed E-state index contributed by atoms with van der Waals surface area (Å²) in [5.41, 5.74) is 0.793. The van der Waals surface area contributed by atoms with E-state index in [1.54, 1.807) is 19.1 Å². The Labute approximate surface area is 188 Å². The van der Waals surface area contributed by atoms with Gasteiger partial charge in [0.2, 0.25) is 0 Å². The number of fused-ring (bicyclic) bond motifs is 5. The summed E-state index contributed by atoms with van der Waals surface area (Å²) in [6.45, 7) is 12.1. The number of carbonyl (C=O) groups excluding carboxylic acids is 1. The Morgan fingerprint density at radius 2 is 1.84 bits per heavy atom. The van der Waals surface area contributed by atoms with Gasteiger partial charge in [-0.2, -0.15) is 0 Å². The number of allylic oxidation sites excluding steroid dienone is 5. The van der Waals surface area contributed by atoms with Gasteiger partial charge in [0.05, 0.1) is 0 Å². The minimum atomic E-state index is -1.11. The lowest BCUT2D eigenvalue weighted by Crippen LogP contribution is -2.64. The fourth-order valence-electron chi connectivity index (χ4n) is 7.54. The van der Waals surface area contributed by atoms with Crippen molar-refractivity contribution in [2.24, 2.45) is 22.7 Å². The minimum Gasteiger partial charge on any atom is -0.478 e. The fourth-order valence-corrected chi connectivity index (χ4v) is 7.54. The van der Waals surface area contributed by atoms with Crippen molar-refractivity contribution in [2.75, 3.05) is 0 Å². The molecule has 0 aromatic carbocycles. The predicted octanol–water partition coefficient (Wildman–Crippen LogP) is 4.90. The number of carbonyl (C=O) groups is 1. The molecule has 5 rings (SSSR count). The fraction of sp³-hybridized carbons (Fsp3) is 0.556. The van der Waals surface area contributed by atoms with E-state index in [2.05, 4.69) is 32.9 Å². The maximum atomic E-state index is 12.8. The van der Waals surface area contributed by atoms with Crippen molar-refractivity contribution in [2.45, 2.75) is 72.5 Å². The molecule has 1 aromatic heterocycles. The smallest absolute Gasteiger partial charge is 0.345 e. The van der Waals surface area contributed by atoms with Crippen molar-refractivity contribution in [3.63, 3.8) is 0 Å². The van der Waals surface area contributed by atoms with Gasteiger partial charge >= 0.3 is 5.63 Å². The summed E-state index contributed by atoms with van der Waals surface area (Å²) in [6, 6.07) is 0. The third-order valence-electron chi connectivity index (χ3n) is 9.34. The number of hydrogen-bond acceptors (Lipinski definition) is 5. The molecule has 1 aromatic rings. The lowest BCUT2D eigenvalue weighted by Gasteiger charge is -2.63. The lowest BCUT2D eigenvalue weighted by atomic mass is 9.43. The topological polar surface area (TPSA) is 76.7 Å². The zero-order valence-electron chi connectivity index (χ0n) is 19.7. The summed E-state index contributed by atoms with van der Waals surface area (Å²) >= 11 is 0. The first-order valence-electron chi connectivity index (χ1n) is 11.6. The molecule has 6 unspecified atom stereocenters. The molecule has 3 aliphatic carbocycles. The van der Waals surface area contributed by atoms with Crippen LogP contribution in [0.25, 0.3) is 0 Å². The van der Waals surface area contributed by atoms with E-state index in [0.29, 0.717) is 11.5 Å². The average molecular weight is 437 g/mol. The van der Waals surface area contributed by atoms with Crippen LogP contribution in [0.3, 0.4) is 0 Å². The molecule has 0 saturated heterocycles. The molecule has 4 aliphatic rings. The van der Waals surface area contributed by atoms with Gasteiger partial charge in [0, 0.05) is 11.0 Å². The zero-order chi connectivity index (χ0) is 23.2. The molecule has 1 aliphatic heterocycles. The van der Waals surface area contributed by atoms with Crippen LogP contribution in [0.15, 0.2) is 44.7 Å². The molecule has 2 heterocycles. The van der Waals surface area contributed by atoms with E-state index in [0.717, 1.165) is 36.0 Å². The van der Waals surface area contributed by atoms with Gasteiger partial charge in [-0.25, -0.2) is 4.79 Å². The highest BCUT2D eigenvalue weighted by Crippen LogP contribution is 2.69.